The van der Waals surface area contributed by atoms with Gasteiger partial charge in [-0.05, 0) is 50.4 Å². The standard InChI is InChI=1S/C14H19BrN2O/c1-10-4-5-11(15)9-13(10)14(18)17-8-6-12-3-2-7-16-12/h4-5,9,12,16H,2-3,6-8H2,1H3,(H,17,18)/t12-/m0/s1. The van der Waals surface area contributed by atoms with E-state index in [1.165, 1.54) is 12.8 Å². The Balaban J connectivity index is 1.85. The van der Waals surface area contributed by atoms with Crippen LogP contribution in [0.25, 0.3) is 0 Å². The van der Waals surface area contributed by atoms with Crippen LogP contribution in [0.5, 0.6) is 0 Å². The third-order valence-corrected chi connectivity index (χ3v) is 3.88. The lowest BCUT2D eigenvalue weighted by Gasteiger charge is -2.12. The van der Waals surface area contributed by atoms with Crippen LogP contribution < -0.4 is 10.6 Å². The zero-order chi connectivity index (χ0) is 13.0. The molecule has 18 heavy (non-hydrogen) atoms. The first kappa shape index (κ1) is 13.6. The molecule has 98 valence electrons. The highest BCUT2D eigenvalue weighted by Gasteiger charge is 2.14. The zero-order valence-corrected chi connectivity index (χ0v) is 12.2. The second-order valence-corrected chi connectivity index (χ2v) is 5.71. The molecule has 0 saturated carbocycles. The summed E-state index contributed by atoms with van der Waals surface area (Å²) in [6.07, 6.45) is 3.49. The maximum Gasteiger partial charge on any atom is 0.251 e. The monoisotopic (exact) mass is 310 g/mol. The molecule has 3 nitrogen and oxygen atoms in total. The molecule has 1 aliphatic rings. The molecule has 1 aromatic carbocycles. The smallest absolute Gasteiger partial charge is 0.251 e. The maximum absolute atomic E-state index is 12.0. The number of carbonyl (C=O) groups excluding carboxylic acids is 1. The number of carbonyl (C=O) groups is 1. The van der Waals surface area contributed by atoms with Crippen molar-refractivity contribution < 1.29 is 4.79 Å². The molecule has 0 aliphatic carbocycles. The summed E-state index contributed by atoms with van der Waals surface area (Å²) in [6, 6.07) is 6.36. The Bertz CT molecular complexity index is 428. The molecule has 2 N–H and O–H groups in total. The number of amides is 1. The molecule has 0 spiro atoms. The summed E-state index contributed by atoms with van der Waals surface area (Å²) in [5.74, 6) is 0.0202. The molecule has 1 heterocycles. The number of aryl methyl sites for hydroxylation is 1. The average molecular weight is 311 g/mol. The van der Waals surface area contributed by atoms with Crippen LogP contribution in [0.1, 0.15) is 35.2 Å². The van der Waals surface area contributed by atoms with Crippen LogP contribution in [-0.4, -0.2) is 25.0 Å². The van der Waals surface area contributed by atoms with Gasteiger partial charge >= 0.3 is 0 Å². The van der Waals surface area contributed by atoms with E-state index in [0.29, 0.717) is 6.04 Å². The number of nitrogens with one attached hydrogen (secondary N) is 2. The Morgan fingerprint density at radius 1 is 1.56 bits per heavy atom. The minimum Gasteiger partial charge on any atom is -0.352 e. The fraction of sp³-hybridized carbons (Fsp3) is 0.500. The fourth-order valence-corrected chi connectivity index (χ4v) is 2.66. The first-order valence-electron chi connectivity index (χ1n) is 6.44. The van der Waals surface area contributed by atoms with Crippen molar-refractivity contribution >= 4 is 21.8 Å². The van der Waals surface area contributed by atoms with Gasteiger partial charge in [-0.2, -0.15) is 0 Å². The van der Waals surface area contributed by atoms with Gasteiger partial charge in [0.2, 0.25) is 0 Å². The predicted molar refractivity (Wildman–Crippen MR) is 76.9 cm³/mol. The van der Waals surface area contributed by atoms with E-state index in [1.807, 2.05) is 25.1 Å². The molecule has 0 radical (unpaired) electrons. The van der Waals surface area contributed by atoms with E-state index < -0.39 is 0 Å². The van der Waals surface area contributed by atoms with Crippen molar-refractivity contribution in [2.75, 3.05) is 13.1 Å². The molecule has 1 aromatic rings. The number of hydrogen-bond donors (Lipinski definition) is 2. The van der Waals surface area contributed by atoms with Gasteiger partial charge in [0.25, 0.3) is 5.91 Å². The largest absolute Gasteiger partial charge is 0.352 e. The van der Waals surface area contributed by atoms with Crippen molar-refractivity contribution in [2.45, 2.75) is 32.2 Å². The zero-order valence-electron chi connectivity index (χ0n) is 10.6. The molecular formula is C14H19BrN2O. The van der Waals surface area contributed by atoms with E-state index in [2.05, 4.69) is 26.6 Å². The van der Waals surface area contributed by atoms with Gasteiger partial charge < -0.3 is 10.6 Å². The fourth-order valence-electron chi connectivity index (χ4n) is 2.30. The highest BCUT2D eigenvalue weighted by Crippen LogP contribution is 2.16. The van der Waals surface area contributed by atoms with Gasteiger partial charge in [0.15, 0.2) is 0 Å². The maximum atomic E-state index is 12.0. The SMILES string of the molecule is Cc1ccc(Br)cc1C(=O)NCC[C@@H]1CCCN1. The molecule has 0 bridgehead atoms. The van der Waals surface area contributed by atoms with E-state index >= 15 is 0 Å². The Kier molecular flexibility index (Phi) is 4.78. The van der Waals surface area contributed by atoms with Crippen molar-refractivity contribution in [1.29, 1.82) is 0 Å². The normalized spacial score (nSPS) is 18.9. The predicted octanol–water partition coefficient (Wildman–Crippen LogP) is 2.63. The van der Waals surface area contributed by atoms with Crippen LogP contribution in [0, 0.1) is 6.92 Å². The lowest BCUT2D eigenvalue weighted by molar-refractivity contribution is 0.0951. The number of rotatable bonds is 4. The van der Waals surface area contributed by atoms with Gasteiger partial charge in [-0.1, -0.05) is 22.0 Å². The van der Waals surface area contributed by atoms with Crippen LogP contribution >= 0.6 is 15.9 Å². The minimum absolute atomic E-state index is 0.0202. The molecule has 1 amide bonds. The van der Waals surface area contributed by atoms with Crippen molar-refractivity contribution in [1.82, 2.24) is 10.6 Å². The van der Waals surface area contributed by atoms with Crippen molar-refractivity contribution in [3.05, 3.63) is 33.8 Å². The molecule has 0 unspecified atom stereocenters. The second kappa shape index (κ2) is 6.34. The summed E-state index contributed by atoms with van der Waals surface area (Å²) in [4.78, 5) is 12.0. The highest BCUT2D eigenvalue weighted by atomic mass is 79.9. The summed E-state index contributed by atoms with van der Waals surface area (Å²) in [6.45, 7) is 3.81. The van der Waals surface area contributed by atoms with E-state index in [-0.39, 0.29) is 5.91 Å². The molecular weight excluding hydrogens is 292 g/mol. The molecule has 1 aliphatic heterocycles. The van der Waals surface area contributed by atoms with Crippen LogP contribution in [0.4, 0.5) is 0 Å². The quantitative estimate of drug-likeness (QED) is 0.897. The van der Waals surface area contributed by atoms with Gasteiger partial charge in [-0.3, -0.25) is 4.79 Å². The molecule has 1 saturated heterocycles. The average Bonchev–Trinajstić information content (AvgIpc) is 2.85. The van der Waals surface area contributed by atoms with Crippen LogP contribution in [0.2, 0.25) is 0 Å². The lowest BCUT2D eigenvalue weighted by atomic mass is 10.1. The lowest BCUT2D eigenvalue weighted by Crippen LogP contribution is -2.30. The third kappa shape index (κ3) is 3.56. The van der Waals surface area contributed by atoms with E-state index in [0.717, 1.165) is 35.1 Å². The minimum atomic E-state index is 0.0202. The second-order valence-electron chi connectivity index (χ2n) is 4.80. The first-order valence-corrected chi connectivity index (χ1v) is 7.24. The van der Waals surface area contributed by atoms with Crippen molar-refractivity contribution in [3.8, 4) is 0 Å². The molecule has 2 rings (SSSR count). The summed E-state index contributed by atoms with van der Waals surface area (Å²) >= 11 is 3.40. The number of hydrogen-bond acceptors (Lipinski definition) is 2. The molecule has 0 aromatic heterocycles. The Morgan fingerprint density at radius 2 is 2.39 bits per heavy atom. The highest BCUT2D eigenvalue weighted by molar-refractivity contribution is 9.10. The summed E-state index contributed by atoms with van der Waals surface area (Å²) in [5.41, 5.74) is 1.76. The Morgan fingerprint density at radius 3 is 3.11 bits per heavy atom. The summed E-state index contributed by atoms with van der Waals surface area (Å²) in [7, 11) is 0. The Hall–Kier alpha value is -0.870. The third-order valence-electron chi connectivity index (χ3n) is 3.38. The van der Waals surface area contributed by atoms with Gasteiger partial charge in [-0.15, -0.1) is 0 Å². The van der Waals surface area contributed by atoms with E-state index in [4.69, 9.17) is 0 Å². The first-order chi connectivity index (χ1) is 8.66. The van der Waals surface area contributed by atoms with Crippen LogP contribution in [0.3, 0.4) is 0 Å². The topological polar surface area (TPSA) is 41.1 Å². The number of benzene rings is 1. The van der Waals surface area contributed by atoms with Gasteiger partial charge in [-0.25, -0.2) is 0 Å². The van der Waals surface area contributed by atoms with Gasteiger partial charge in [0.1, 0.15) is 0 Å². The van der Waals surface area contributed by atoms with Gasteiger partial charge in [0, 0.05) is 22.6 Å². The molecule has 1 atom stereocenters. The van der Waals surface area contributed by atoms with E-state index in [1.54, 1.807) is 0 Å². The van der Waals surface area contributed by atoms with E-state index in [9.17, 15) is 4.79 Å². The van der Waals surface area contributed by atoms with Crippen LogP contribution in [-0.2, 0) is 0 Å². The summed E-state index contributed by atoms with van der Waals surface area (Å²) < 4.78 is 0.940. The molecule has 4 heteroatoms. The van der Waals surface area contributed by atoms with Gasteiger partial charge in [0.05, 0.1) is 0 Å². The number of halogens is 1. The van der Waals surface area contributed by atoms with Crippen molar-refractivity contribution in [3.63, 3.8) is 0 Å². The summed E-state index contributed by atoms with van der Waals surface area (Å²) in [5, 5.41) is 6.43. The molecule has 1 fully saturated rings. The van der Waals surface area contributed by atoms with Crippen molar-refractivity contribution in [2.24, 2.45) is 0 Å². The van der Waals surface area contributed by atoms with Crippen LogP contribution in [0.15, 0.2) is 22.7 Å². The Labute approximate surface area is 116 Å².